The summed E-state index contributed by atoms with van der Waals surface area (Å²) >= 11 is 0. The summed E-state index contributed by atoms with van der Waals surface area (Å²) in [6.07, 6.45) is 14.4. The molecular formula is C27H56N2O3. The van der Waals surface area contributed by atoms with Crippen LogP contribution in [0.25, 0.3) is 0 Å². The Labute approximate surface area is 200 Å². The van der Waals surface area contributed by atoms with Crippen molar-refractivity contribution >= 4 is 6.16 Å². The fourth-order valence-corrected chi connectivity index (χ4v) is 3.88. The molecule has 0 saturated carbocycles. The largest absolute Gasteiger partial charge is 0.511 e. The van der Waals surface area contributed by atoms with Crippen molar-refractivity contribution in [3.05, 3.63) is 0 Å². The minimum atomic E-state index is -0.483. The molecule has 2 atom stereocenters. The number of hydrogen-bond acceptors (Lipinski definition) is 5. The fourth-order valence-electron chi connectivity index (χ4n) is 3.88. The van der Waals surface area contributed by atoms with E-state index in [1.165, 1.54) is 0 Å². The van der Waals surface area contributed by atoms with Crippen LogP contribution >= 0.6 is 0 Å². The highest BCUT2D eigenvalue weighted by atomic mass is 16.7. The summed E-state index contributed by atoms with van der Waals surface area (Å²) < 4.78 is 12.0. The van der Waals surface area contributed by atoms with Crippen molar-refractivity contribution in [2.24, 2.45) is 0 Å². The average Bonchev–Trinajstić information content (AvgIpc) is 2.80. The Kier molecular flexibility index (Phi) is 21.4. The van der Waals surface area contributed by atoms with Gasteiger partial charge in [-0.2, -0.15) is 0 Å². The van der Waals surface area contributed by atoms with E-state index >= 15 is 0 Å². The van der Waals surface area contributed by atoms with Gasteiger partial charge in [0.1, 0.15) is 0 Å². The molecule has 5 nitrogen and oxygen atoms in total. The summed E-state index contributed by atoms with van der Waals surface area (Å²) in [5.41, 5.74) is 0. The predicted octanol–water partition coefficient (Wildman–Crippen LogP) is 7.98. The molecule has 192 valence electrons. The first-order chi connectivity index (χ1) is 15.6. The van der Waals surface area contributed by atoms with E-state index < -0.39 is 6.16 Å². The van der Waals surface area contributed by atoms with Gasteiger partial charge in [0.2, 0.25) is 0 Å². The Morgan fingerprint density at radius 2 is 0.812 bits per heavy atom. The lowest BCUT2D eigenvalue weighted by Gasteiger charge is -2.34. The maximum absolute atomic E-state index is 13.0. The molecule has 0 aliphatic rings. The second kappa shape index (κ2) is 22.0. The normalized spacial score (nSPS) is 13.5. The zero-order valence-electron chi connectivity index (χ0n) is 22.5. The monoisotopic (exact) mass is 456 g/mol. The Balaban J connectivity index is 5.28. The summed E-state index contributed by atoms with van der Waals surface area (Å²) in [7, 11) is 0. The molecule has 0 radical (unpaired) electrons. The van der Waals surface area contributed by atoms with Gasteiger partial charge in [-0.25, -0.2) is 4.79 Å². The van der Waals surface area contributed by atoms with Gasteiger partial charge >= 0.3 is 6.16 Å². The summed E-state index contributed by atoms with van der Waals surface area (Å²) in [5, 5.41) is 0. The van der Waals surface area contributed by atoms with Gasteiger partial charge in [0.15, 0.2) is 12.5 Å². The minimum Gasteiger partial charge on any atom is -0.415 e. The molecule has 0 aromatic rings. The standard InChI is InChI=1S/C27H56N2O3/c1-7-13-19-25(28(21-15-9-3)22-16-10-4)31-27(30)32-26(20-14-8-2)29(23-17-11-5)24-18-12-6/h25-26H,7-24H2,1-6H3. The van der Waals surface area contributed by atoms with Crippen LogP contribution in [0, 0.1) is 0 Å². The predicted molar refractivity (Wildman–Crippen MR) is 137 cm³/mol. The van der Waals surface area contributed by atoms with E-state index in [1.807, 2.05) is 0 Å². The van der Waals surface area contributed by atoms with Crippen molar-refractivity contribution < 1.29 is 14.3 Å². The quantitative estimate of drug-likeness (QED) is 0.122. The molecule has 0 bridgehead atoms. The molecule has 0 aromatic carbocycles. The number of carbonyl (C=O) groups excluding carboxylic acids is 1. The number of rotatable bonds is 22. The van der Waals surface area contributed by atoms with Crippen LogP contribution in [-0.2, 0) is 9.47 Å². The SMILES string of the molecule is CCCCC(OC(=O)OC(CCCC)N(CCCC)CCCC)N(CCCC)CCCC. The first kappa shape index (κ1) is 31.2. The molecular weight excluding hydrogens is 400 g/mol. The van der Waals surface area contributed by atoms with E-state index in [1.54, 1.807) is 0 Å². The van der Waals surface area contributed by atoms with Crippen molar-refractivity contribution in [2.75, 3.05) is 26.2 Å². The molecule has 0 aromatic heterocycles. The Morgan fingerprint density at radius 1 is 0.531 bits per heavy atom. The molecule has 2 unspecified atom stereocenters. The van der Waals surface area contributed by atoms with Crippen LogP contribution in [0.2, 0.25) is 0 Å². The topological polar surface area (TPSA) is 42.0 Å². The second-order valence-electron chi connectivity index (χ2n) is 9.17. The third-order valence-electron chi connectivity index (χ3n) is 6.08. The van der Waals surface area contributed by atoms with Crippen LogP contribution in [0.1, 0.15) is 131 Å². The second-order valence-corrected chi connectivity index (χ2v) is 9.17. The zero-order chi connectivity index (χ0) is 24.0. The molecule has 0 amide bonds. The highest BCUT2D eigenvalue weighted by molar-refractivity contribution is 5.60. The molecule has 32 heavy (non-hydrogen) atoms. The van der Waals surface area contributed by atoms with E-state index in [4.69, 9.17) is 9.47 Å². The Hall–Kier alpha value is -0.810. The number of carbonyl (C=O) groups is 1. The van der Waals surface area contributed by atoms with Crippen LogP contribution in [0.4, 0.5) is 4.79 Å². The molecule has 5 heteroatoms. The molecule has 0 aliphatic heterocycles. The van der Waals surface area contributed by atoms with Gasteiger partial charge < -0.3 is 9.47 Å². The van der Waals surface area contributed by atoms with E-state index in [2.05, 4.69) is 51.3 Å². The molecule has 0 fully saturated rings. The van der Waals surface area contributed by atoms with E-state index in [9.17, 15) is 4.79 Å². The van der Waals surface area contributed by atoms with Crippen LogP contribution < -0.4 is 0 Å². The van der Waals surface area contributed by atoms with Crippen molar-refractivity contribution in [3.63, 3.8) is 0 Å². The van der Waals surface area contributed by atoms with Gasteiger partial charge in [-0.05, 0) is 51.4 Å². The fraction of sp³-hybridized carbons (Fsp3) is 0.963. The van der Waals surface area contributed by atoms with Gasteiger partial charge in [-0.15, -0.1) is 0 Å². The molecule has 0 saturated heterocycles. The Bertz CT molecular complexity index is 368. The maximum Gasteiger partial charge on any atom is 0.511 e. The molecule has 0 aliphatic carbocycles. The van der Waals surface area contributed by atoms with Crippen molar-refractivity contribution in [2.45, 2.75) is 144 Å². The van der Waals surface area contributed by atoms with E-state index in [0.29, 0.717) is 0 Å². The average molecular weight is 457 g/mol. The lowest BCUT2D eigenvalue weighted by molar-refractivity contribution is -0.0951. The lowest BCUT2D eigenvalue weighted by Crippen LogP contribution is -2.43. The highest BCUT2D eigenvalue weighted by Gasteiger charge is 2.26. The molecule has 0 N–H and O–H groups in total. The van der Waals surface area contributed by atoms with Crippen molar-refractivity contribution in [1.82, 2.24) is 9.80 Å². The lowest BCUT2D eigenvalue weighted by atomic mass is 10.2. The Morgan fingerprint density at radius 3 is 1.06 bits per heavy atom. The summed E-state index contributed by atoms with van der Waals surface area (Å²) in [4.78, 5) is 17.7. The summed E-state index contributed by atoms with van der Waals surface area (Å²) in [6, 6.07) is 0. The number of unbranched alkanes of at least 4 members (excludes halogenated alkanes) is 6. The number of nitrogens with zero attached hydrogens (tertiary/aromatic N) is 2. The molecule has 0 spiro atoms. The summed E-state index contributed by atoms with van der Waals surface area (Å²) in [5.74, 6) is 0. The van der Waals surface area contributed by atoms with Gasteiger partial charge in [-0.1, -0.05) is 80.1 Å². The van der Waals surface area contributed by atoms with Gasteiger partial charge in [-0.3, -0.25) is 9.80 Å². The van der Waals surface area contributed by atoms with Crippen LogP contribution in [0.3, 0.4) is 0 Å². The van der Waals surface area contributed by atoms with E-state index in [-0.39, 0.29) is 12.5 Å². The maximum atomic E-state index is 13.0. The summed E-state index contributed by atoms with van der Waals surface area (Å²) in [6.45, 7) is 17.2. The third kappa shape index (κ3) is 15.1. The van der Waals surface area contributed by atoms with Gasteiger partial charge in [0.25, 0.3) is 0 Å². The first-order valence-corrected chi connectivity index (χ1v) is 13.9. The number of ether oxygens (including phenoxy) is 2. The van der Waals surface area contributed by atoms with Crippen LogP contribution in [0.5, 0.6) is 0 Å². The zero-order valence-corrected chi connectivity index (χ0v) is 22.5. The molecule has 0 rings (SSSR count). The number of hydrogen-bond donors (Lipinski definition) is 0. The third-order valence-corrected chi connectivity index (χ3v) is 6.08. The van der Waals surface area contributed by atoms with Crippen LogP contribution in [0.15, 0.2) is 0 Å². The molecule has 0 heterocycles. The van der Waals surface area contributed by atoms with Crippen molar-refractivity contribution in [1.29, 1.82) is 0 Å². The minimum absolute atomic E-state index is 0.174. The van der Waals surface area contributed by atoms with E-state index in [0.717, 1.165) is 116 Å². The van der Waals surface area contributed by atoms with Crippen molar-refractivity contribution in [3.8, 4) is 0 Å². The van der Waals surface area contributed by atoms with Crippen LogP contribution in [-0.4, -0.2) is 54.6 Å². The highest BCUT2D eigenvalue weighted by Crippen LogP contribution is 2.18. The van der Waals surface area contributed by atoms with Gasteiger partial charge in [0, 0.05) is 26.2 Å². The first-order valence-electron chi connectivity index (χ1n) is 13.9. The van der Waals surface area contributed by atoms with Gasteiger partial charge in [0.05, 0.1) is 0 Å². The smallest absolute Gasteiger partial charge is 0.415 e.